The molecule has 0 bridgehead atoms. The summed E-state index contributed by atoms with van der Waals surface area (Å²) in [5, 5.41) is 8.28. The van der Waals surface area contributed by atoms with E-state index in [2.05, 4.69) is 0 Å². The average Bonchev–Trinajstić information content (AvgIpc) is 1.35. The summed E-state index contributed by atoms with van der Waals surface area (Å²) in [4.78, 5) is 0. The van der Waals surface area contributed by atoms with Crippen molar-refractivity contribution in [2.75, 3.05) is 0 Å². The van der Waals surface area contributed by atoms with Gasteiger partial charge in [-0.1, -0.05) is 0 Å². The van der Waals surface area contributed by atoms with Crippen LogP contribution in [0, 0.1) is 6.67 Å². The molecule has 0 saturated heterocycles. The summed E-state index contributed by atoms with van der Waals surface area (Å²) in [6.07, 6.45) is -0.394. The Bertz CT molecular complexity index is 28.7. The zero-order chi connectivity index (χ0) is 4.99. The van der Waals surface area contributed by atoms with Gasteiger partial charge in [-0.25, -0.2) is 4.39 Å². The molecule has 0 rings (SSSR count). The first kappa shape index (κ1) is 5.89. The molecule has 0 amide bonds. The number of rotatable bonds is 2. The topological polar surface area (TPSA) is 20.2 Å². The van der Waals surface area contributed by atoms with E-state index in [9.17, 15) is 4.39 Å². The van der Waals surface area contributed by atoms with Crippen molar-refractivity contribution in [3.8, 4) is 0 Å². The lowest BCUT2D eigenvalue weighted by atomic mass is 10.3. The number of halogens is 1. The predicted molar refractivity (Wildman–Crippen MR) is 21.7 cm³/mol. The monoisotopic (exact) mass is 91.1 g/mol. The second kappa shape index (κ2) is 3.09. The van der Waals surface area contributed by atoms with Crippen LogP contribution in [0.3, 0.4) is 0 Å². The van der Waals surface area contributed by atoms with E-state index >= 15 is 0 Å². The van der Waals surface area contributed by atoms with E-state index in [1.54, 1.807) is 0 Å². The quantitative estimate of drug-likeness (QED) is 0.535. The van der Waals surface area contributed by atoms with Crippen LogP contribution in [0.1, 0.15) is 13.3 Å². The second-order valence-corrected chi connectivity index (χ2v) is 1.24. The van der Waals surface area contributed by atoms with Crippen molar-refractivity contribution in [3.63, 3.8) is 0 Å². The summed E-state index contributed by atoms with van der Waals surface area (Å²) >= 11 is 0. The Labute approximate surface area is 36.8 Å². The Morgan fingerprint density at radius 1 is 2.00 bits per heavy atom. The van der Waals surface area contributed by atoms with Crippen LogP contribution in [-0.2, 0) is 0 Å². The molecule has 0 aliphatic heterocycles. The van der Waals surface area contributed by atoms with E-state index in [4.69, 9.17) is 5.11 Å². The minimum absolute atomic E-state index is 0.139. The normalized spacial score (nSPS) is 14.5. The lowest BCUT2D eigenvalue weighted by Gasteiger charge is -1.93. The van der Waals surface area contributed by atoms with Crippen LogP contribution in [0.15, 0.2) is 0 Å². The van der Waals surface area contributed by atoms with Crippen LogP contribution in [0.5, 0.6) is 0 Å². The van der Waals surface area contributed by atoms with Crippen molar-refractivity contribution in [1.82, 2.24) is 0 Å². The van der Waals surface area contributed by atoms with E-state index in [0.717, 1.165) is 0 Å². The molecule has 0 fully saturated rings. The van der Waals surface area contributed by atoms with E-state index in [1.807, 2.05) is 0 Å². The van der Waals surface area contributed by atoms with Gasteiger partial charge in [0, 0.05) is 6.42 Å². The van der Waals surface area contributed by atoms with Gasteiger partial charge in [-0.15, -0.1) is 0 Å². The molecule has 1 radical (unpaired) electrons. The molecule has 0 aromatic rings. The summed E-state index contributed by atoms with van der Waals surface area (Å²) in [5.41, 5.74) is 0. The van der Waals surface area contributed by atoms with Gasteiger partial charge >= 0.3 is 0 Å². The molecule has 0 aliphatic carbocycles. The Hall–Kier alpha value is -0.110. The highest BCUT2D eigenvalue weighted by molar-refractivity contribution is 4.52. The van der Waals surface area contributed by atoms with Gasteiger partial charge in [0.1, 0.15) is 6.67 Å². The van der Waals surface area contributed by atoms with E-state index < -0.39 is 6.10 Å². The molecule has 0 aromatic heterocycles. The van der Waals surface area contributed by atoms with Crippen LogP contribution in [0.25, 0.3) is 0 Å². The van der Waals surface area contributed by atoms with Crippen LogP contribution in [0.4, 0.5) is 4.39 Å². The van der Waals surface area contributed by atoms with Gasteiger partial charge in [0.15, 0.2) is 0 Å². The summed E-state index contributed by atoms with van der Waals surface area (Å²) in [5.74, 6) is 0. The molecular formula is C4H8FO. The fourth-order valence-electron chi connectivity index (χ4n) is 0.129. The molecule has 6 heavy (non-hydrogen) atoms. The highest BCUT2D eigenvalue weighted by Gasteiger charge is 1.90. The zero-order valence-electron chi connectivity index (χ0n) is 3.69. The largest absolute Gasteiger partial charge is 0.393 e. The smallest absolute Gasteiger partial charge is 0.134 e. The van der Waals surface area contributed by atoms with E-state index in [-0.39, 0.29) is 6.42 Å². The van der Waals surface area contributed by atoms with Gasteiger partial charge in [0.05, 0.1) is 6.10 Å². The van der Waals surface area contributed by atoms with Gasteiger partial charge in [0.2, 0.25) is 0 Å². The third-order valence-electron chi connectivity index (χ3n) is 0.430. The van der Waals surface area contributed by atoms with E-state index in [1.165, 1.54) is 6.92 Å². The van der Waals surface area contributed by atoms with Gasteiger partial charge in [-0.2, -0.15) is 0 Å². The van der Waals surface area contributed by atoms with Crippen LogP contribution >= 0.6 is 0 Å². The predicted octanol–water partition coefficient (Wildman–Crippen LogP) is 0.889. The average molecular weight is 91.1 g/mol. The molecule has 0 saturated carbocycles. The number of aliphatic hydroxyl groups is 1. The standard InChI is InChI=1S/C4H8FO/c1-4(6)2-3-5/h3-4,6H,2H2,1H3. The van der Waals surface area contributed by atoms with Crippen LogP contribution in [-0.4, -0.2) is 11.2 Å². The highest BCUT2D eigenvalue weighted by atomic mass is 19.1. The minimum atomic E-state index is -0.532. The Morgan fingerprint density at radius 2 is 2.50 bits per heavy atom. The van der Waals surface area contributed by atoms with Crippen molar-refractivity contribution in [1.29, 1.82) is 0 Å². The molecule has 1 unspecified atom stereocenters. The van der Waals surface area contributed by atoms with Crippen molar-refractivity contribution in [3.05, 3.63) is 6.67 Å². The van der Waals surface area contributed by atoms with Gasteiger partial charge in [-0.3, -0.25) is 0 Å². The second-order valence-electron chi connectivity index (χ2n) is 1.24. The van der Waals surface area contributed by atoms with Crippen LogP contribution < -0.4 is 0 Å². The molecular weight excluding hydrogens is 83.0 g/mol. The molecule has 0 aliphatic rings. The maximum atomic E-state index is 11.0. The fraction of sp³-hybridized carbons (Fsp3) is 0.750. The molecule has 0 spiro atoms. The number of hydrogen-bond donors (Lipinski definition) is 1. The zero-order valence-corrected chi connectivity index (χ0v) is 3.69. The SMILES string of the molecule is CC(O)C[CH]F. The first-order valence-corrected chi connectivity index (χ1v) is 1.87. The highest BCUT2D eigenvalue weighted by Crippen LogP contribution is 1.92. The number of aliphatic hydroxyl groups excluding tert-OH is 1. The van der Waals surface area contributed by atoms with Crippen molar-refractivity contribution in [2.24, 2.45) is 0 Å². The first-order chi connectivity index (χ1) is 2.77. The molecule has 1 nitrogen and oxygen atoms in total. The van der Waals surface area contributed by atoms with Gasteiger partial charge in [-0.05, 0) is 6.92 Å². The third kappa shape index (κ3) is 3.89. The summed E-state index contributed by atoms with van der Waals surface area (Å²) < 4.78 is 11.0. The first-order valence-electron chi connectivity index (χ1n) is 1.87. The number of hydrogen-bond acceptors (Lipinski definition) is 1. The lowest BCUT2D eigenvalue weighted by Crippen LogP contribution is -1.96. The Balaban J connectivity index is 2.63. The summed E-state index contributed by atoms with van der Waals surface area (Å²) in [7, 11) is 0. The van der Waals surface area contributed by atoms with Gasteiger partial charge < -0.3 is 5.11 Å². The minimum Gasteiger partial charge on any atom is -0.393 e. The maximum absolute atomic E-state index is 11.0. The molecule has 0 aromatic carbocycles. The summed E-state index contributed by atoms with van der Waals surface area (Å²) in [6.45, 7) is 1.99. The maximum Gasteiger partial charge on any atom is 0.134 e. The van der Waals surface area contributed by atoms with Crippen molar-refractivity contribution in [2.45, 2.75) is 19.4 Å². The van der Waals surface area contributed by atoms with Crippen molar-refractivity contribution < 1.29 is 9.50 Å². The van der Waals surface area contributed by atoms with Crippen LogP contribution in [0.2, 0.25) is 0 Å². The Kier molecular flexibility index (Phi) is 3.04. The van der Waals surface area contributed by atoms with Crippen molar-refractivity contribution >= 4 is 0 Å². The van der Waals surface area contributed by atoms with E-state index in [0.29, 0.717) is 6.67 Å². The molecule has 37 valence electrons. The fourth-order valence-corrected chi connectivity index (χ4v) is 0.129. The van der Waals surface area contributed by atoms with Gasteiger partial charge in [0.25, 0.3) is 0 Å². The summed E-state index contributed by atoms with van der Waals surface area (Å²) in [6, 6.07) is 0. The lowest BCUT2D eigenvalue weighted by molar-refractivity contribution is 0.185. The molecule has 0 heterocycles. The molecule has 1 N–H and O–H groups in total. The third-order valence-corrected chi connectivity index (χ3v) is 0.430. The Morgan fingerprint density at radius 3 is 2.50 bits per heavy atom. The molecule has 1 atom stereocenters. The molecule has 2 heteroatoms.